The number of likely N-dealkylation sites (tertiary alicyclic amines) is 1. The Bertz CT molecular complexity index is 390. The third kappa shape index (κ3) is 2.28. The first-order valence-electron chi connectivity index (χ1n) is 6.72. The number of aromatic nitrogens is 1. The highest BCUT2D eigenvalue weighted by Gasteiger charge is 2.41. The maximum atomic E-state index is 5.81. The normalized spacial score (nSPS) is 25.4. The van der Waals surface area contributed by atoms with Gasteiger partial charge >= 0.3 is 0 Å². The number of rotatable bonds is 2. The first-order chi connectivity index (χ1) is 8.79. The summed E-state index contributed by atoms with van der Waals surface area (Å²) >= 11 is 0. The van der Waals surface area contributed by atoms with Gasteiger partial charge in [-0.3, -0.25) is 9.88 Å². The fourth-order valence-corrected chi connectivity index (χ4v) is 2.89. The van der Waals surface area contributed by atoms with E-state index in [1.54, 1.807) is 0 Å². The van der Waals surface area contributed by atoms with E-state index in [1.807, 2.05) is 18.3 Å². The molecule has 0 bridgehead atoms. The van der Waals surface area contributed by atoms with E-state index in [-0.39, 0.29) is 5.79 Å². The van der Waals surface area contributed by atoms with Crippen LogP contribution in [0.3, 0.4) is 0 Å². The summed E-state index contributed by atoms with van der Waals surface area (Å²) in [6, 6.07) is 6.40. The molecule has 3 heterocycles. The maximum Gasteiger partial charge on any atom is 0.181 e. The molecule has 1 atom stereocenters. The molecule has 2 saturated heterocycles. The Labute approximate surface area is 108 Å². The lowest BCUT2D eigenvalue weighted by Gasteiger charge is -2.41. The van der Waals surface area contributed by atoms with Crippen molar-refractivity contribution in [3.63, 3.8) is 0 Å². The van der Waals surface area contributed by atoms with Crippen LogP contribution < -0.4 is 0 Å². The van der Waals surface area contributed by atoms with Gasteiger partial charge in [-0.1, -0.05) is 6.07 Å². The van der Waals surface area contributed by atoms with Crippen LogP contribution in [0.25, 0.3) is 0 Å². The highest BCUT2D eigenvalue weighted by Crippen LogP contribution is 2.33. The zero-order chi connectivity index (χ0) is 12.4. The second-order valence-electron chi connectivity index (χ2n) is 5.11. The largest absolute Gasteiger partial charge is 0.346 e. The summed E-state index contributed by atoms with van der Waals surface area (Å²) in [7, 11) is 0. The second kappa shape index (κ2) is 4.96. The van der Waals surface area contributed by atoms with Crippen molar-refractivity contribution in [3.8, 4) is 0 Å². The summed E-state index contributed by atoms with van der Waals surface area (Å²) < 4.78 is 11.6. The van der Waals surface area contributed by atoms with E-state index >= 15 is 0 Å². The molecule has 0 saturated carbocycles. The third-order valence-corrected chi connectivity index (χ3v) is 3.92. The van der Waals surface area contributed by atoms with E-state index in [2.05, 4.69) is 22.9 Å². The molecular weight excluding hydrogens is 228 g/mol. The number of hydrogen-bond acceptors (Lipinski definition) is 4. The second-order valence-corrected chi connectivity index (χ2v) is 5.11. The Morgan fingerprint density at radius 2 is 2.17 bits per heavy atom. The molecule has 1 unspecified atom stereocenters. The van der Waals surface area contributed by atoms with E-state index in [4.69, 9.17) is 9.47 Å². The van der Waals surface area contributed by atoms with E-state index in [0.717, 1.165) is 44.8 Å². The molecule has 98 valence electrons. The van der Waals surface area contributed by atoms with Gasteiger partial charge in [0.05, 0.1) is 25.5 Å². The summed E-state index contributed by atoms with van der Waals surface area (Å²) in [4.78, 5) is 6.86. The van der Waals surface area contributed by atoms with Gasteiger partial charge in [0.1, 0.15) is 0 Å². The summed E-state index contributed by atoms with van der Waals surface area (Å²) in [5.74, 6) is -0.346. The summed E-state index contributed by atoms with van der Waals surface area (Å²) in [6.07, 6.45) is 3.99. The number of piperidine rings is 1. The molecule has 1 spiro atoms. The van der Waals surface area contributed by atoms with Crippen molar-refractivity contribution in [1.82, 2.24) is 9.88 Å². The molecule has 2 fully saturated rings. The molecule has 4 nitrogen and oxygen atoms in total. The summed E-state index contributed by atoms with van der Waals surface area (Å²) in [5, 5.41) is 0. The van der Waals surface area contributed by atoms with Crippen molar-refractivity contribution >= 4 is 0 Å². The fourth-order valence-electron chi connectivity index (χ4n) is 2.89. The lowest BCUT2D eigenvalue weighted by molar-refractivity contribution is -0.193. The topological polar surface area (TPSA) is 34.6 Å². The average Bonchev–Trinajstić information content (AvgIpc) is 2.87. The number of pyridine rings is 1. The van der Waals surface area contributed by atoms with Crippen LogP contribution >= 0.6 is 0 Å². The van der Waals surface area contributed by atoms with Gasteiger partial charge in [-0.25, -0.2) is 0 Å². The van der Waals surface area contributed by atoms with Gasteiger partial charge in [0.2, 0.25) is 0 Å². The highest BCUT2D eigenvalue weighted by molar-refractivity contribution is 5.08. The molecule has 2 aliphatic rings. The fraction of sp³-hybridized carbons (Fsp3) is 0.643. The van der Waals surface area contributed by atoms with Crippen LogP contribution in [0.5, 0.6) is 0 Å². The van der Waals surface area contributed by atoms with Crippen LogP contribution in [-0.4, -0.2) is 42.0 Å². The van der Waals surface area contributed by atoms with Crippen molar-refractivity contribution in [3.05, 3.63) is 30.1 Å². The van der Waals surface area contributed by atoms with Gasteiger partial charge in [0, 0.05) is 18.7 Å². The van der Waals surface area contributed by atoms with Gasteiger partial charge < -0.3 is 9.47 Å². The predicted molar refractivity (Wildman–Crippen MR) is 68.1 cm³/mol. The van der Waals surface area contributed by atoms with Crippen molar-refractivity contribution in [1.29, 1.82) is 0 Å². The van der Waals surface area contributed by atoms with Gasteiger partial charge in [0.15, 0.2) is 5.79 Å². The first-order valence-corrected chi connectivity index (χ1v) is 6.72. The Morgan fingerprint density at radius 3 is 2.89 bits per heavy atom. The highest BCUT2D eigenvalue weighted by atomic mass is 16.7. The van der Waals surface area contributed by atoms with E-state index in [1.165, 1.54) is 0 Å². The van der Waals surface area contributed by atoms with Crippen LogP contribution in [0.4, 0.5) is 0 Å². The van der Waals surface area contributed by atoms with Gasteiger partial charge in [-0.15, -0.1) is 0 Å². The number of hydrogen-bond donors (Lipinski definition) is 0. The Kier molecular flexibility index (Phi) is 3.33. The quantitative estimate of drug-likeness (QED) is 0.801. The Hall–Kier alpha value is -0.970. The molecule has 0 aliphatic carbocycles. The van der Waals surface area contributed by atoms with Crippen LogP contribution in [0.2, 0.25) is 0 Å². The zero-order valence-corrected chi connectivity index (χ0v) is 10.8. The molecule has 1 aromatic rings. The Morgan fingerprint density at radius 1 is 1.33 bits per heavy atom. The van der Waals surface area contributed by atoms with E-state index < -0.39 is 0 Å². The molecular formula is C14H20N2O2. The molecule has 2 aliphatic heterocycles. The first kappa shape index (κ1) is 12.1. The van der Waals surface area contributed by atoms with E-state index in [9.17, 15) is 0 Å². The van der Waals surface area contributed by atoms with Gasteiger partial charge in [0.25, 0.3) is 0 Å². The lowest BCUT2D eigenvalue weighted by Crippen LogP contribution is -2.49. The van der Waals surface area contributed by atoms with Gasteiger partial charge in [-0.05, 0) is 32.0 Å². The van der Waals surface area contributed by atoms with Crippen LogP contribution in [0.15, 0.2) is 24.4 Å². The van der Waals surface area contributed by atoms with Crippen molar-refractivity contribution in [2.45, 2.75) is 31.6 Å². The van der Waals surface area contributed by atoms with E-state index in [0.29, 0.717) is 6.04 Å². The zero-order valence-electron chi connectivity index (χ0n) is 10.8. The molecule has 0 N–H and O–H groups in total. The average molecular weight is 248 g/mol. The minimum absolute atomic E-state index is 0.316. The minimum atomic E-state index is -0.346. The molecule has 0 aromatic carbocycles. The molecule has 0 amide bonds. The predicted octanol–water partition coefficient (Wildman–Crippen LogP) is 1.98. The SMILES string of the molecule is CC(c1ccccn1)N1CCCC2(C1)OCCO2. The van der Waals surface area contributed by atoms with Gasteiger partial charge in [-0.2, -0.15) is 0 Å². The minimum Gasteiger partial charge on any atom is -0.346 e. The third-order valence-electron chi connectivity index (χ3n) is 3.92. The molecule has 3 rings (SSSR count). The number of ether oxygens (including phenoxy) is 2. The molecule has 4 heteroatoms. The standard InChI is InChI=1S/C14H20N2O2/c1-12(13-5-2-3-7-15-13)16-8-4-6-14(11-16)17-9-10-18-14/h2-3,5,7,12H,4,6,8-11H2,1H3. The van der Waals surface area contributed by atoms with Crippen LogP contribution in [0.1, 0.15) is 31.5 Å². The van der Waals surface area contributed by atoms with Crippen molar-refractivity contribution in [2.75, 3.05) is 26.3 Å². The molecule has 18 heavy (non-hydrogen) atoms. The smallest absolute Gasteiger partial charge is 0.181 e. The lowest BCUT2D eigenvalue weighted by atomic mass is 10.0. The maximum absolute atomic E-state index is 5.81. The monoisotopic (exact) mass is 248 g/mol. The van der Waals surface area contributed by atoms with Crippen LogP contribution in [-0.2, 0) is 9.47 Å². The summed E-state index contributed by atoms with van der Waals surface area (Å²) in [5.41, 5.74) is 1.12. The van der Waals surface area contributed by atoms with Crippen molar-refractivity contribution < 1.29 is 9.47 Å². The molecule has 0 radical (unpaired) electrons. The van der Waals surface area contributed by atoms with Crippen molar-refractivity contribution in [2.24, 2.45) is 0 Å². The van der Waals surface area contributed by atoms with Crippen LogP contribution in [0, 0.1) is 0 Å². The number of nitrogens with zero attached hydrogens (tertiary/aromatic N) is 2. The Balaban J connectivity index is 1.72. The molecule has 1 aromatic heterocycles. The summed E-state index contributed by atoms with van der Waals surface area (Å²) in [6.45, 7) is 5.60.